The molecule has 0 atom stereocenters. The minimum absolute atomic E-state index is 0.0431. The monoisotopic (exact) mass is 331 g/mol. The van der Waals surface area contributed by atoms with Crippen molar-refractivity contribution in [1.82, 2.24) is 0 Å². The molecule has 3 rings (SSSR count). The van der Waals surface area contributed by atoms with Gasteiger partial charge in [-0.1, -0.05) is 12.1 Å². The number of carbonyl (C=O) groups excluding carboxylic acids is 1. The Hall–Kier alpha value is -1.37. The molecule has 2 aliphatic heterocycles. The molecule has 0 aliphatic carbocycles. The molecule has 2 aliphatic rings. The van der Waals surface area contributed by atoms with Crippen molar-refractivity contribution in [1.29, 1.82) is 0 Å². The van der Waals surface area contributed by atoms with Crippen LogP contribution in [-0.4, -0.2) is 37.4 Å². The van der Waals surface area contributed by atoms with E-state index in [9.17, 15) is 4.79 Å². The maximum absolute atomic E-state index is 12.3. The summed E-state index contributed by atoms with van der Waals surface area (Å²) in [4.78, 5) is 12.3. The van der Waals surface area contributed by atoms with Crippen molar-refractivity contribution >= 4 is 24.2 Å². The molecular weight excluding hydrogens is 305 g/mol. The summed E-state index contributed by atoms with van der Waals surface area (Å²) in [5.41, 5.74) is 1.05. The molecule has 5 nitrogen and oxygen atoms in total. The first kappa shape index (κ1) is 17.5. The molecule has 0 spiro atoms. The predicted molar refractivity (Wildman–Crippen MR) is 94.3 cm³/mol. The van der Waals surface area contributed by atoms with E-state index in [2.05, 4.69) is 5.32 Å². The molecule has 130 valence electrons. The maximum Gasteiger partial charge on any atom is 0.494 e. The van der Waals surface area contributed by atoms with Crippen LogP contribution in [0.5, 0.6) is 0 Å². The Labute approximate surface area is 144 Å². The first-order valence-corrected chi connectivity index (χ1v) is 8.63. The topological polar surface area (TPSA) is 56.8 Å². The molecule has 0 unspecified atom stereocenters. The fourth-order valence-corrected chi connectivity index (χ4v) is 2.91. The Morgan fingerprint density at radius 1 is 1.04 bits per heavy atom. The number of amides is 1. The molecule has 2 heterocycles. The molecule has 2 saturated heterocycles. The largest absolute Gasteiger partial charge is 0.494 e. The smallest absolute Gasteiger partial charge is 0.399 e. The Kier molecular flexibility index (Phi) is 4.73. The summed E-state index contributed by atoms with van der Waals surface area (Å²) in [6, 6.07) is 7.69. The fraction of sp³-hybridized carbons (Fsp3) is 0.611. The number of hydrogen-bond acceptors (Lipinski definition) is 4. The van der Waals surface area contributed by atoms with Gasteiger partial charge in [-0.15, -0.1) is 0 Å². The lowest BCUT2D eigenvalue weighted by molar-refractivity contribution is -0.122. The maximum atomic E-state index is 12.3. The summed E-state index contributed by atoms with van der Waals surface area (Å²) in [5.74, 6) is 0.114. The molecule has 1 N–H and O–H groups in total. The van der Waals surface area contributed by atoms with Gasteiger partial charge in [-0.2, -0.15) is 0 Å². The normalized spacial score (nSPS) is 23.2. The van der Waals surface area contributed by atoms with Gasteiger partial charge in [-0.05, 0) is 58.1 Å². The minimum atomic E-state index is -0.379. The highest BCUT2D eigenvalue weighted by Gasteiger charge is 2.51. The van der Waals surface area contributed by atoms with Crippen molar-refractivity contribution in [2.75, 3.05) is 18.5 Å². The van der Waals surface area contributed by atoms with Crippen LogP contribution in [0.3, 0.4) is 0 Å². The Balaban J connectivity index is 1.63. The summed E-state index contributed by atoms with van der Waals surface area (Å²) in [6.45, 7) is 9.48. The Bertz CT molecular complexity index is 578. The van der Waals surface area contributed by atoms with Crippen molar-refractivity contribution < 1.29 is 18.8 Å². The molecule has 24 heavy (non-hydrogen) atoms. The molecular formula is C18H26BNO4. The zero-order valence-electron chi connectivity index (χ0n) is 14.9. The standard InChI is InChI=1S/C18H26BNO4/c1-17(2)18(3,4)24-19(23-17)14-5-7-15(8-6-14)20-16(21)13-9-11-22-12-10-13/h5-8,13H,9-12H2,1-4H3,(H,20,21). The van der Waals surface area contributed by atoms with Gasteiger partial charge in [0, 0.05) is 24.8 Å². The second kappa shape index (κ2) is 6.50. The SMILES string of the molecule is CC1(C)OB(c2ccc(NC(=O)C3CCOCC3)cc2)OC1(C)C. The van der Waals surface area contributed by atoms with E-state index in [0.29, 0.717) is 13.2 Å². The summed E-state index contributed by atoms with van der Waals surface area (Å²) in [5, 5.41) is 2.99. The highest BCUT2D eigenvalue weighted by atomic mass is 16.7. The van der Waals surface area contributed by atoms with Crippen molar-refractivity contribution in [2.24, 2.45) is 5.92 Å². The Morgan fingerprint density at radius 3 is 2.12 bits per heavy atom. The van der Waals surface area contributed by atoms with E-state index in [0.717, 1.165) is 24.0 Å². The van der Waals surface area contributed by atoms with E-state index in [1.165, 1.54) is 0 Å². The van der Waals surface area contributed by atoms with E-state index in [1.54, 1.807) is 0 Å². The number of ether oxygens (including phenoxy) is 1. The molecule has 0 radical (unpaired) electrons. The number of rotatable bonds is 3. The second-order valence-corrected chi connectivity index (χ2v) is 7.59. The summed E-state index contributed by atoms with van der Waals surface area (Å²) in [7, 11) is -0.379. The third kappa shape index (κ3) is 3.51. The molecule has 0 saturated carbocycles. The first-order chi connectivity index (χ1) is 11.3. The average Bonchev–Trinajstić information content (AvgIpc) is 2.77. The van der Waals surface area contributed by atoms with Crippen LogP contribution in [0.2, 0.25) is 0 Å². The van der Waals surface area contributed by atoms with E-state index in [1.807, 2.05) is 52.0 Å². The number of anilines is 1. The molecule has 0 aromatic heterocycles. The number of nitrogens with one attached hydrogen (secondary N) is 1. The van der Waals surface area contributed by atoms with Crippen LogP contribution in [0, 0.1) is 5.92 Å². The number of carbonyl (C=O) groups is 1. The summed E-state index contributed by atoms with van der Waals surface area (Å²) < 4.78 is 17.4. The zero-order chi connectivity index (χ0) is 17.4. The Morgan fingerprint density at radius 2 is 1.58 bits per heavy atom. The predicted octanol–water partition coefficient (Wildman–Crippen LogP) is 2.35. The van der Waals surface area contributed by atoms with Crippen molar-refractivity contribution in [3.8, 4) is 0 Å². The van der Waals surface area contributed by atoms with Crippen LogP contribution in [0.4, 0.5) is 5.69 Å². The lowest BCUT2D eigenvalue weighted by Gasteiger charge is -2.32. The van der Waals surface area contributed by atoms with Crippen LogP contribution in [0.15, 0.2) is 24.3 Å². The second-order valence-electron chi connectivity index (χ2n) is 7.59. The number of benzene rings is 1. The van der Waals surface area contributed by atoms with Gasteiger partial charge in [0.1, 0.15) is 0 Å². The van der Waals surface area contributed by atoms with Crippen molar-refractivity contribution in [3.63, 3.8) is 0 Å². The van der Waals surface area contributed by atoms with Gasteiger partial charge in [-0.25, -0.2) is 0 Å². The minimum Gasteiger partial charge on any atom is -0.399 e. The third-order valence-corrected chi connectivity index (χ3v) is 5.30. The third-order valence-electron chi connectivity index (χ3n) is 5.30. The highest BCUT2D eigenvalue weighted by Crippen LogP contribution is 2.36. The average molecular weight is 331 g/mol. The zero-order valence-corrected chi connectivity index (χ0v) is 14.9. The van der Waals surface area contributed by atoms with E-state index in [4.69, 9.17) is 14.0 Å². The first-order valence-electron chi connectivity index (χ1n) is 8.63. The lowest BCUT2D eigenvalue weighted by atomic mass is 9.79. The summed E-state index contributed by atoms with van der Waals surface area (Å²) >= 11 is 0. The molecule has 2 fully saturated rings. The van der Waals surface area contributed by atoms with Crippen LogP contribution in [0.1, 0.15) is 40.5 Å². The molecule has 1 aromatic carbocycles. The summed E-state index contributed by atoms with van der Waals surface area (Å²) in [6.07, 6.45) is 1.58. The molecule has 1 aromatic rings. The van der Waals surface area contributed by atoms with Crippen LogP contribution >= 0.6 is 0 Å². The van der Waals surface area contributed by atoms with Gasteiger partial charge in [0.15, 0.2) is 0 Å². The van der Waals surface area contributed by atoms with E-state index in [-0.39, 0.29) is 30.1 Å². The highest BCUT2D eigenvalue weighted by molar-refractivity contribution is 6.62. The van der Waals surface area contributed by atoms with Crippen molar-refractivity contribution in [2.45, 2.75) is 51.7 Å². The molecule has 1 amide bonds. The van der Waals surface area contributed by atoms with Gasteiger partial charge in [-0.3, -0.25) is 4.79 Å². The van der Waals surface area contributed by atoms with Gasteiger partial charge in [0.2, 0.25) is 5.91 Å². The number of hydrogen-bond donors (Lipinski definition) is 1. The van der Waals surface area contributed by atoms with Gasteiger partial charge in [0.05, 0.1) is 11.2 Å². The van der Waals surface area contributed by atoms with Gasteiger partial charge >= 0.3 is 7.12 Å². The van der Waals surface area contributed by atoms with Gasteiger partial charge in [0.25, 0.3) is 0 Å². The lowest BCUT2D eigenvalue weighted by Crippen LogP contribution is -2.41. The quantitative estimate of drug-likeness (QED) is 0.864. The van der Waals surface area contributed by atoms with Crippen LogP contribution in [0.25, 0.3) is 0 Å². The van der Waals surface area contributed by atoms with Gasteiger partial charge < -0.3 is 19.4 Å². The van der Waals surface area contributed by atoms with Crippen LogP contribution in [-0.2, 0) is 18.8 Å². The fourth-order valence-electron chi connectivity index (χ4n) is 2.91. The van der Waals surface area contributed by atoms with Crippen LogP contribution < -0.4 is 10.8 Å². The molecule has 0 bridgehead atoms. The molecule has 6 heteroatoms. The van der Waals surface area contributed by atoms with E-state index < -0.39 is 0 Å². The van der Waals surface area contributed by atoms with Crippen molar-refractivity contribution in [3.05, 3.63) is 24.3 Å². The van der Waals surface area contributed by atoms with E-state index >= 15 is 0 Å².